The molecule has 1 fully saturated rings. The minimum absolute atomic E-state index is 0.0506. The van der Waals surface area contributed by atoms with Crippen LogP contribution in [0.2, 0.25) is 0 Å². The normalized spacial score (nSPS) is 14.5. The number of carbonyl (C=O) groups is 1. The van der Waals surface area contributed by atoms with Gasteiger partial charge in [0.2, 0.25) is 5.91 Å². The topological polar surface area (TPSA) is 112 Å². The Hall–Kier alpha value is -3.85. The molecule has 12 heteroatoms. The van der Waals surface area contributed by atoms with Gasteiger partial charge in [-0.25, -0.2) is 0 Å². The van der Waals surface area contributed by atoms with Gasteiger partial charge in [-0.2, -0.15) is 5.26 Å². The average Bonchev–Trinajstić information content (AvgIpc) is 2.74. The zero-order chi connectivity index (χ0) is 23.3. The lowest BCUT2D eigenvalue weighted by Gasteiger charge is -2.35. The zero-order valence-corrected chi connectivity index (χ0v) is 16.6. The van der Waals surface area contributed by atoms with Gasteiger partial charge in [-0.15, -0.1) is 13.2 Å². The van der Waals surface area contributed by atoms with Gasteiger partial charge in [-0.1, -0.05) is 0 Å². The summed E-state index contributed by atoms with van der Waals surface area (Å²) >= 11 is 0. The summed E-state index contributed by atoms with van der Waals surface area (Å²) in [5, 5.41) is 23.0. The first-order valence-corrected chi connectivity index (χ1v) is 9.46. The number of piperazine rings is 1. The Labute approximate surface area is 180 Å². The molecular formula is C20H18F3N5O4. The number of amides is 1. The maximum absolute atomic E-state index is 12.3. The van der Waals surface area contributed by atoms with Crippen LogP contribution in [0.1, 0.15) is 5.56 Å². The molecular weight excluding hydrogens is 431 g/mol. The number of anilines is 2. The van der Waals surface area contributed by atoms with Gasteiger partial charge in [0.25, 0.3) is 5.69 Å². The van der Waals surface area contributed by atoms with Crippen molar-refractivity contribution in [1.29, 1.82) is 5.26 Å². The predicted molar refractivity (Wildman–Crippen MR) is 108 cm³/mol. The number of carbonyl (C=O) groups excluding carboxylic acids is 1. The van der Waals surface area contributed by atoms with E-state index in [1.807, 2.05) is 11.0 Å². The fourth-order valence-electron chi connectivity index (χ4n) is 3.29. The fraction of sp³-hybridized carbons (Fsp3) is 0.300. The van der Waals surface area contributed by atoms with Crippen LogP contribution in [0.3, 0.4) is 0 Å². The molecule has 0 atom stereocenters. The summed E-state index contributed by atoms with van der Waals surface area (Å²) in [6.07, 6.45) is -4.79. The highest BCUT2D eigenvalue weighted by Gasteiger charge is 2.31. The molecule has 1 saturated heterocycles. The van der Waals surface area contributed by atoms with Crippen LogP contribution in [0.15, 0.2) is 42.5 Å². The van der Waals surface area contributed by atoms with Crippen LogP contribution in [-0.4, -0.2) is 54.8 Å². The van der Waals surface area contributed by atoms with Crippen LogP contribution < -0.4 is 15.0 Å². The van der Waals surface area contributed by atoms with Crippen LogP contribution >= 0.6 is 0 Å². The van der Waals surface area contributed by atoms with Gasteiger partial charge < -0.3 is 15.0 Å². The largest absolute Gasteiger partial charge is 0.573 e. The minimum Gasteiger partial charge on any atom is -0.406 e. The van der Waals surface area contributed by atoms with Gasteiger partial charge in [0.05, 0.1) is 23.1 Å². The Kier molecular flexibility index (Phi) is 6.79. The Balaban J connectivity index is 1.54. The maximum Gasteiger partial charge on any atom is 0.573 e. The number of nitrogens with zero attached hydrogens (tertiary/aromatic N) is 4. The van der Waals surface area contributed by atoms with Gasteiger partial charge in [0.1, 0.15) is 11.4 Å². The molecule has 3 rings (SSSR count). The molecule has 32 heavy (non-hydrogen) atoms. The van der Waals surface area contributed by atoms with Crippen molar-refractivity contribution in [2.45, 2.75) is 6.36 Å². The highest BCUT2D eigenvalue weighted by atomic mass is 19.4. The van der Waals surface area contributed by atoms with Crippen molar-refractivity contribution in [2.24, 2.45) is 0 Å². The molecule has 0 bridgehead atoms. The summed E-state index contributed by atoms with van der Waals surface area (Å²) in [4.78, 5) is 26.7. The summed E-state index contributed by atoms with van der Waals surface area (Å²) in [7, 11) is 0. The van der Waals surface area contributed by atoms with Crippen molar-refractivity contribution in [1.82, 2.24) is 4.90 Å². The van der Waals surface area contributed by atoms with E-state index in [1.54, 1.807) is 4.90 Å². The quantitative estimate of drug-likeness (QED) is 0.533. The van der Waals surface area contributed by atoms with Gasteiger partial charge in [0.15, 0.2) is 0 Å². The molecule has 0 saturated carbocycles. The number of nitrogens with one attached hydrogen (secondary N) is 1. The smallest absolute Gasteiger partial charge is 0.406 e. The minimum atomic E-state index is -4.79. The third-order valence-electron chi connectivity index (χ3n) is 4.75. The predicted octanol–water partition coefficient (Wildman–Crippen LogP) is 3.13. The molecule has 0 radical (unpaired) electrons. The third kappa shape index (κ3) is 6.08. The molecule has 1 aliphatic rings. The molecule has 168 valence electrons. The molecule has 0 aromatic heterocycles. The Morgan fingerprint density at radius 1 is 1.16 bits per heavy atom. The third-order valence-corrected chi connectivity index (χ3v) is 4.75. The number of nitriles is 1. The first-order chi connectivity index (χ1) is 15.1. The SMILES string of the molecule is N#Cc1ccc([N+](=O)[O-])c(N2CCN(CC(=O)Nc3ccc(OC(F)(F)F)cc3)CC2)c1. The summed E-state index contributed by atoms with van der Waals surface area (Å²) in [6, 6.07) is 11.0. The van der Waals surface area contributed by atoms with Crippen LogP contribution in [0, 0.1) is 21.4 Å². The van der Waals surface area contributed by atoms with E-state index in [2.05, 4.69) is 10.1 Å². The molecule has 0 aliphatic carbocycles. The number of alkyl halides is 3. The van der Waals surface area contributed by atoms with E-state index in [0.717, 1.165) is 12.1 Å². The van der Waals surface area contributed by atoms with Crippen molar-refractivity contribution < 1.29 is 27.6 Å². The van der Waals surface area contributed by atoms with E-state index in [-0.39, 0.29) is 23.9 Å². The van der Waals surface area contributed by atoms with Gasteiger partial charge in [0, 0.05) is 37.9 Å². The molecule has 1 N–H and O–H groups in total. The number of rotatable bonds is 6. The maximum atomic E-state index is 12.3. The second-order valence-corrected chi connectivity index (χ2v) is 6.96. The first kappa shape index (κ1) is 22.8. The van der Waals surface area contributed by atoms with Gasteiger partial charge in [-0.05, 0) is 36.4 Å². The highest BCUT2D eigenvalue weighted by Crippen LogP contribution is 2.30. The lowest BCUT2D eigenvalue weighted by molar-refractivity contribution is -0.384. The van der Waals surface area contributed by atoms with Crippen LogP contribution in [0.5, 0.6) is 5.75 Å². The number of nitro groups is 1. The van der Waals surface area contributed by atoms with Gasteiger partial charge in [-0.3, -0.25) is 19.8 Å². The Morgan fingerprint density at radius 3 is 2.38 bits per heavy atom. The van der Waals surface area contributed by atoms with E-state index in [1.165, 1.54) is 30.3 Å². The van der Waals surface area contributed by atoms with Crippen molar-refractivity contribution >= 4 is 23.0 Å². The van der Waals surface area contributed by atoms with Crippen molar-refractivity contribution in [2.75, 3.05) is 42.9 Å². The molecule has 1 heterocycles. The number of benzene rings is 2. The molecule has 0 unspecified atom stereocenters. The summed E-state index contributed by atoms with van der Waals surface area (Å²) in [5.74, 6) is -0.735. The number of hydrogen-bond acceptors (Lipinski definition) is 7. The number of halogens is 3. The van der Waals surface area contributed by atoms with Crippen molar-refractivity contribution in [3.8, 4) is 11.8 Å². The standard InChI is InChI=1S/C20H18F3N5O4/c21-20(22,23)32-16-4-2-15(3-5-16)25-19(29)13-26-7-9-27(10-8-26)18-11-14(12-24)1-6-17(18)28(30)31/h1-6,11H,7-10,13H2,(H,25,29). The van der Waals surface area contributed by atoms with Gasteiger partial charge >= 0.3 is 6.36 Å². The Bertz CT molecular complexity index is 1030. The van der Waals surface area contributed by atoms with E-state index >= 15 is 0 Å². The highest BCUT2D eigenvalue weighted by molar-refractivity contribution is 5.92. The lowest BCUT2D eigenvalue weighted by atomic mass is 10.1. The summed E-state index contributed by atoms with van der Waals surface area (Å²) < 4.78 is 40.4. The number of nitro benzene ring substituents is 1. The molecule has 9 nitrogen and oxygen atoms in total. The molecule has 1 amide bonds. The average molecular weight is 449 g/mol. The van der Waals surface area contributed by atoms with E-state index in [9.17, 15) is 28.1 Å². The molecule has 2 aromatic carbocycles. The van der Waals surface area contributed by atoms with Crippen LogP contribution in [0.4, 0.5) is 30.2 Å². The molecule has 2 aromatic rings. The summed E-state index contributed by atoms with van der Waals surface area (Å²) in [5.41, 5.74) is 0.915. The van der Waals surface area contributed by atoms with Crippen molar-refractivity contribution in [3.63, 3.8) is 0 Å². The fourth-order valence-corrected chi connectivity index (χ4v) is 3.29. The van der Waals surface area contributed by atoms with E-state index in [0.29, 0.717) is 43.1 Å². The zero-order valence-electron chi connectivity index (χ0n) is 16.6. The van der Waals surface area contributed by atoms with E-state index in [4.69, 9.17) is 5.26 Å². The number of ether oxygens (including phenoxy) is 1. The van der Waals surface area contributed by atoms with Crippen LogP contribution in [-0.2, 0) is 4.79 Å². The number of hydrogen-bond donors (Lipinski definition) is 1. The first-order valence-electron chi connectivity index (χ1n) is 9.46. The lowest BCUT2D eigenvalue weighted by Crippen LogP contribution is -2.48. The Morgan fingerprint density at radius 2 is 1.81 bits per heavy atom. The van der Waals surface area contributed by atoms with Crippen molar-refractivity contribution in [3.05, 3.63) is 58.1 Å². The monoisotopic (exact) mass is 449 g/mol. The van der Waals surface area contributed by atoms with Crippen LogP contribution in [0.25, 0.3) is 0 Å². The second kappa shape index (κ2) is 9.52. The van der Waals surface area contributed by atoms with E-state index < -0.39 is 11.3 Å². The summed E-state index contributed by atoms with van der Waals surface area (Å²) in [6.45, 7) is 1.81. The molecule has 1 aliphatic heterocycles. The molecule has 0 spiro atoms. The second-order valence-electron chi connectivity index (χ2n) is 6.96.